The van der Waals surface area contributed by atoms with E-state index in [9.17, 15) is 23.2 Å². The van der Waals surface area contributed by atoms with Crippen molar-refractivity contribution in [3.05, 3.63) is 58.9 Å². The zero-order valence-electron chi connectivity index (χ0n) is 15.0. The summed E-state index contributed by atoms with van der Waals surface area (Å²) in [4.78, 5) is 17.1. The molecule has 5 nitrogen and oxygen atoms in total. The molecule has 0 aliphatic carbocycles. The Hall–Kier alpha value is -2.77. The van der Waals surface area contributed by atoms with E-state index in [-0.39, 0.29) is 17.3 Å². The Balaban J connectivity index is 1.89. The Kier molecular flexibility index (Phi) is 6.30. The third kappa shape index (κ3) is 4.99. The number of amides is 1. The van der Waals surface area contributed by atoms with Crippen molar-refractivity contribution in [2.75, 3.05) is 0 Å². The number of thioether (sulfide) groups is 1. The molecule has 0 saturated heterocycles. The molecule has 29 heavy (non-hydrogen) atoms. The molecule has 0 aliphatic heterocycles. The first-order valence-corrected chi connectivity index (χ1v) is 10.1. The molecule has 3 aromatic rings. The number of furan rings is 1. The topological polar surface area (TPSA) is 78.9 Å². The van der Waals surface area contributed by atoms with Gasteiger partial charge in [0.1, 0.15) is 16.9 Å². The number of nitrogens with zero attached hydrogens (tertiary/aromatic N) is 2. The second-order valence-electron chi connectivity index (χ2n) is 5.88. The predicted molar refractivity (Wildman–Crippen MR) is 103 cm³/mol. The highest BCUT2D eigenvalue weighted by atomic mass is 32.2. The van der Waals surface area contributed by atoms with Crippen molar-refractivity contribution in [3.8, 4) is 16.6 Å². The van der Waals surface area contributed by atoms with Crippen LogP contribution in [-0.2, 0) is 17.5 Å². The molecule has 3 heterocycles. The average molecular weight is 437 g/mol. The van der Waals surface area contributed by atoms with Gasteiger partial charge in [0.25, 0.3) is 0 Å². The molecule has 0 bridgehead atoms. The van der Waals surface area contributed by atoms with Crippen molar-refractivity contribution in [1.29, 1.82) is 5.26 Å². The van der Waals surface area contributed by atoms with Crippen LogP contribution in [0, 0.1) is 11.3 Å². The Morgan fingerprint density at radius 2 is 2.21 bits per heavy atom. The Morgan fingerprint density at radius 3 is 2.79 bits per heavy atom. The monoisotopic (exact) mass is 437 g/mol. The molecule has 0 aromatic carbocycles. The fourth-order valence-electron chi connectivity index (χ4n) is 2.44. The molecule has 10 heteroatoms. The van der Waals surface area contributed by atoms with E-state index in [4.69, 9.17) is 4.42 Å². The third-order valence-electron chi connectivity index (χ3n) is 3.85. The quantitative estimate of drug-likeness (QED) is 0.544. The minimum atomic E-state index is -4.72. The van der Waals surface area contributed by atoms with Crippen LogP contribution in [0.5, 0.6) is 0 Å². The predicted octanol–water partition coefficient (Wildman–Crippen LogP) is 5.09. The molecular formula is C19H14F3N3O2S2. The zero-order valence-corrected chi connectivity index (χ0v) is 16.6. The zero-order chi connectivity index (χ0) is 21.0. The number of halogens is 3. The van der Waals surface area contributed by atoms with Crippen LogP contribution in [0.3, 0.4) is 0 Å². The Morgan fingerprint density at radius 1 is 1.41 bits per heavy atom. The van der Waals surface area contributed by atoms with Crippen molar-refractivity contribution >= 4 is 29.0 Å². The van der Waals surface area contributed by atoms with Gasteiger partial charge in [0.2, 0.25) is 5.91 Å². The lowest BCUT2D eigenvalue weighted by atomic mass is 10.1. The fourth-order valence-corrected chi connectivity index (χ4v) is 4.08. The number of carbonyl (C=O) groups excluding carboxylic acids is 1. The summed E-state index contributed by atoms with van der Waals surface area (Å²) in [6, 6.07) is 9.18. The molecule has 3 rings (SSSR count). The lowest BCUT2D eigenvalue weighted by molar-refractivity contribution is -0.138. The number of nitrogens with one attached hydrogen (secondary N) is 1. The summed E-state index contributed by atoms with van der Waals surface area (Å²) in [5.41, 5.74) is -1.55. The number of alkyl halides is 3. The molecule has 1 amide bonds. The molecule has 0 fully saturated rings. The molecule has 150 valence electrons. The standard InChI is InChI=1S/C19H14F3N3O2S2/c1-11(17(26)24-10-12-4-2-6-27-12)29-18-13(9-23)14(19(20,21)22)8-15(25-18)16-5-3-7-28-16/h2-8,11H,10H2,1H3,(H,24,26). The van der Waals surface area contributed by atoms with Crippen molar-refractivity contribution in [2.24, 2.45) is 0 Å². The maximum atomic E-state index is 13.5. The van der Waals surface area contributed by atoms with E-state index in [1.165, 1.54) is 24.5 Å². The van der Waals surface area contributed by atoms with E-state index < -0.39 is 28.5 Å². The number of nitriles is 1. The summed E-state index contributed by atoms with van der Waals surface area (Å²) in [5, 5.41) is 12.8. The van der Waals surface area contributed by atoms with E-state index in [0.717, 1.165) is 17.8 Å². The number of hydrogen-bond donors (Lipinski definition) is 1. The minimum absolute atomic E-state index is 0.108. The highest BCUT2D eigenvalue weighted by Crippen LogP contribution is 2.39. The minimum Gasteiger partial charge on any atom is -0.467 e. The van der Waals surface area contributed by atoms with Crippen LogP contribution >= 0.6 is 23.1 Å². The van der Waals surface area contributed by atoms with Gasteiger partial charge < -0.3 is 9.73 Å². The molecule has 0 aliphatic rings. The summed E-state index contributed by atoms with van der Waals surface area (Å²) in [6.07, 6.45) is -3.25. The van der Waals surface area contributed by atoms with Gasteiger partial charge in [-0.2, -0.15) is 18.4 Å². The van der Waals surface area contributed by atoms with E-state index in [1.807, 2.05) is 0 Å². The maximum absolute atomic E-state index is 13.5. The number of hydrogen-bond acceptors (Lipinski definition) is 6. The van der Waals surface area contributed by atoms with Gasteiger partial charge in [-0.15, -0.1) is 11.3 Å². The number of thiophene rings is 1. The van der Waals surface area contributed by atoms with Gasteiger partial charge in [0, 0.05) is 0 Å². The lowest BCUT2D eigenvalue weighted by Gasteiger charge is -2.16. The average Bonchev–Trinajstić information content (AvgIpc) is 3.38. The molecule has 3 aromatic heterocycles. The van der Waals surface area contributed by atoms with Crippen LogP contribution in [0.4, 0.5) is 13.2 Å². The van der Waals surface area contributed by atoms with Crippen LogP contribution in [0.25, 0.3) is 10.6 Å². The number of carbonyl (C=O) groups is 1. The molecule has 1 atom stereocenters. The third-order valence-corrected chi connectivity index (χ3v) is 5.83. The first kappa shape index (κ1) is 21.0. The fraction of sp³-hybridized carbons (Fsp3) is 0.211. The number of aromatic nitrogens is 1. The van der Waals surface area contributed by atoms with Crippen molar-refractivity contribution in [2.45, 2.75) is 29.9 Å². The number of pyridine rings is 1. The molecule has 0 saturated carbocycles. The van der Waals surface area contributed by atoms with Crippen LogP contribution in [0.15, 0.2) is 51.4 Å². The molecule has 0 spiro atoms. The van der Waals surface area contributed by atoms with Crippen LogP contribution in [-0.4, -0.2) is 16.1 Å². The lowest BCUT2D eigenvalue weighted by Crippen LogP contribution is -2.30. The highest BCUT2D eigenvalue weighted by molar-refractivity contribution is 8.00. The summed E-state index contributed by atoms with van der Waals surface area (Å²) in [5.74, 6) is 0.137. The van der Waals surface area contributed by atoms with E-state index >= 15 is 0 Å². The van der Waals surface area contributed by atoms with Gasteiger partial charge in [-0.05, 0) is 36.6 Å². The van der Waals surface area contributed by atoms with E-state index in [2.05, 4.69) is 10.3 Å². The van der Waals surface area contributed by atoms with Crippen LogP contribution < -0.4 is 5.32 Å². The smallest absolute Gasteiger partial charge is 0.417 e. The van der Waals surface area contributed by atoms with Gasteiger partial charge in [-0.1, -0.05) is 17.8 Å². The van der Waals surface area contributed by atoms with Crippen LogP contribution in [0.2, 0.25) is 0 Å². The van der Waals surface area contributed by atoms with E-state index in [1.54, 1.807) is 35.7 Å². The van der Waals surface area contributed by atoms with Crippen molar-refractivity contribution in [3.63, 3.8) is 0 Å². The summed E-state index contributed by atoms with van der Waals surface area (Å²) >= 11 is 2.05. The van der Waals surface area contributed by atoms with Gasteiger partial charge >= 0.3 is 6.18 Å². The second kappa shape index (κ2) is 8.71. The SMILES string of the molecule is CC(Sc1nc(-c2cccs2)cc(C(F)(F)F)c1C#N)C(=O)NCc1ccco1. The summed E-state index contributed by atoms with van der Waals surface area (Å²) in [6.45, 7) is 1.69. The van der Waals surface area contributed by atoms with Gasteiger partial charge in [-0.3, -0.25) is 4.79 Å². The molecular weight excluding hydrogens is 423 g/mol. The first-order valence-electron chi connectivity index (χ1n) is 8.32. The van der Waals surface area contributed by atoms with Gasteiger partial charge in [0.15, 0.2) is 0 Å². The Labute approximate surface area is 172 Å². The van der Waals surface area contributed by atoms with Gasteiger partial charge in [0.05, 0.1) is 39.8 Å². The second-order valence-corrected chi connectivity index (χ2v) is 8.16. The normalized spacial score (nSPS) is 12.4. The van der Waals surface area contributed by atoms with E-state index in [0.29, 0.717) is 10.6 Å². The summed E-state index contributed by atoms with van der Waals surface area (Å²) in [7, 11) is 0. The van der Waals surface area contributed by atoms with Crippen molar-refractivity contribution in [1.82, 2.24) is 10.3 Å². The highest BCUT2D eigenvalue weighted by Gasteiger charge is 2.36. The molecule has 1 N–H and O–H groups in total. The Bertz CT molecular complexity index is 1030. The first-order chi connectivity index (χ1) is 13.8. The van der Waals surface area contributed by atoms with Crippen molar-refractivity contribution < 1.29 is 22.4 Å². The largest absolute Gasteiger partial charge is 0.467 e. The molecule has 0 radical (unpaired) electrons. The summed E-state index contributed by atoms with van der Waals surface area (Å²) < 4.78 is 45.7. The molecule has 1 unspecified atom stereocenters. The number of rotatable bonds is 6. The maximum Gasteiger partial charge on any atom is 0.417 e. The van der Waals surface area contributed by atoms with Gasteiger partial charge in [-0.25, -0.2) is 4.98 Å². The van der Waals surface area contributed by atoms with Crippen LogP contribution in [0.1, 0.15) is 23.8 Å².